The number of nitrogens with zero attached hydrogens (tertiary/aromatic N) is 2. The Kier molecular flexibility index (Phi) is 6.58. The molecule has 0 spiro atoms. The van der Waals surface area contributed by atoms with Gasteiger partial charge in [0.1, 0.15) is 0 Å². The van der Waals surface area contributed by atoms with Gasteiger partial charge in [0.2, 0.25) is 11.8 Å². The lowest BCUT2D eigenvalue weighted by Gasteiger charge is -2.21. The Morgan fingerprint density at radius 2 is 2.18 bits per heavy atom. The van der Waals surface area contributed by atoms with Crippen LogP contribution in [0.25, 0.3) is 0 Å². The zero-order valence-electron chi connectivity index (χ0n) is 12.8. The fourth-order valence-electron chi connectivity index (χ4n) is 2.34. The maximum atomic E-state index is 12.1. The number of hydrogen-bond donors (Lipinski definition) is 0. The molecule has 1 heterocycles. The van der Waals surface area contributed by atoms with Crippen LogP contribution in [0.15, 0.2) is 29.2 Å². The number of amides is 2. The van der Waals surface area contributed by atoms with E-state index < -0.39 is 0 Å². The van der Waals surface area contributed by atoms with E-state index in [4.69, 9.17) is 11.6 Å². The van der Waals surface area contributed by atoms with Crippen LogP contribution >= 0.6 is 23.4 Å². The molecular formula is C16H21ClN2O2S. The third-order valence-electron chi connectivity index (χ3n) is 3.71. The molecule has 0 aromatic heterocycles. The molecule has 1 aromatic rings. The number of rotatable bonds is 7. The minimum absolute atomic E-state index is 0.103. The Morgan fingerprint density at radius 3 is 2.86 bits per heavy atom. The van der Waals surface area contributed by atoms with Gasteiger partial charge in [-0.2, -0.15) is 0 Å². The average molecular weight is 341 g/mol. The normalized spacial score (nSPS) is 14.5. The Hall–Kier alpha value is -1.20. The number of carbonyl (C=O) groups is 2. The predicted molar refractivity (Wildman–Crippen MR) is 90.2 cm³/mol. The van der Waals surface area contributed by atoms with Crippen LogP contribution in [0.3, 0.4) is 0 Å². The monoisotopic (exact) mass is 340 g/mol. The number of carbonyl (C=O) groups excluding carboxylic acids is 2. The van der Waals surface area contributed by atoms with E-state index in [0.29, 0.717) is 31.7 Å². The summed E-state index contributed by atoms with van der Waals surface area (Å²) in [5, 5.41) is 0.723. The first-order valence-electron chi connectivity index (χ1n) is 7.47. The molecule has 1 saturated heterocycles. The summed E-state index contributed by atoms with van der Waals surface area (Å²) < 4.78 is 0. The van der Waals surface area contributed by atoms with Gasteiger partial charge in [-0.3, -0.25) is 9.59 Å². The summed E-state index contributed by atoms with van der Waals surface area (Å²) >= 11 is 7.68. The van der Waals surface area contributed by atoms with Crippen molar-refractivity contribution in [1.29, 1.82) is 0 Å². The minimum atomic E-state index is 0.103. The second-order valence-electron chi connectivity index (χ2n) is 5.33. The molecule has 1 aliphatic rings. The van der Waals surface area contributed by atoms with Crippen molar-refractivity contribution in [2.45, 2.75) is 24.2 Å². The summed E-state index contributed by atoms with van der Waals surface area (Å²) in [6, 6.07) is 7.64. The molecule has 2 rings (SSSR count). The van der Waals surface area contributed by atoms with Gasteiger partial charge in [0.05, 0.1) is 5.02 Å². The Bertz CT molecular complexity index is 539. The molecule has 0 unspecified atom stereocenters. The molecule has 0 bridgehead atoms. The van der Waals surface area contributed by atoms with Crippen molar-refractivity contribution in [3.8, 4) is 0 Å². The van der Waals surface area contributed by atoms with Crippen LogP contribution < -0.4 is 0 Å². The zero-order chi connectivity index (χ0) is 15.9. The molecule has 6 heteroatoms. The highest BCUT2D eigenvalue weighted by Gasteiger charge is 2.20. The van der Waals surface area contributed by atoms with Crippen LogP contribution in [0.2, 0.25) is 5.02 Å². The SMILES string of the molecule is CN(CCN1CCCC1=O)C(=O)CCSc1ccccc1Cl. The minimum Gasteiger partial charge on any atom is -0.344 e. The lowest BCUT2D eigenvalue weighted by molar-refractivity contribution is -0.132. The van der Waals surface area contributed by atoms with Gasteiger partial charge in [-0.25, -0.2) is 0 Å². The number of benzene rings is 1. The van der Waals surface area contributed by atoms with Crippen LogP contribution in [0.5, 0.6) is 0 Å². The van der Waals surface area contributed by atoms with Crippen molar-refractivity contribution in [2.75, 3.05) is 32.4 Å². The Morgan fingerprint density at radius 1 is 1.41 bits per heavy atom. The van der Waals surface area contributed by atoms with Crippen molar-refractivity contribution < 1.29 is 9.59 Å². The van der Waals surface area contributed by atoms with E-state index in [1.54, 1.807) is 23.7 Å². The number of likely N-dealkylation sites (N-methyl/N-ethyl adjacent to an activating group) is 1. The van der Waals surface area contributed by atoms with Crippen LogP contribution in [-0.4, -0.2) is 54.0 Å². The van der Waals surface area contributed by atoms with Gasteiger partial charge < -0.3 is 9.80 Å². The van der Waals surface area contributed by atoms with Gasteiger partial charge in [-0.05, 0) is 18.6 Å². The Balaban J connectivity index is 1.68. The first-order valence-corrected chi connectivity index (χ1v) is 8.83. The summed E-state index contributed by atoms with van der Waals surface area (Å²) in [7, 11) is 1.79. The van der Waals surface area contributed by atoms with Gasteiger partial charge >= 0.3 is 0 Å². The third kappa shape index (κ3) is 4.92. The topological polar surface area (TPSA) is 40.6 Å². The largest absolute Gasteiger partial charge is 0.344 e. The number of likely N-dealkylation sites (tertiary alicyclic amines) is 1. The van der Waals surface area contributed by atoms with E-state index in [-0.39, 0.29) is 11.8 Å². The summed E-state index contributed by atoms with van der Waals surface area (Å²) in [6.45, 7) is 2.06. The van der Waals surface area contributed by atoms with E-state index in [2.05, 4.69) is 0 Å². The second-order valence-corrected chi connectivity index (χ2v) is 6.87. The second kappa shape index (κ2) is 8.44. The fourth-order valence-corrected chi connectivity index (χ4v) is 3.51. The van der Waals surface area contributed by atoms with Crippen LogP contribution in [0, 0.1) is 0 Å². The van der Waals surface area contributed by atoms with Crippen molar-refractivity contribution >= 4 is 35.2 Å². The molecule has 22 heavy (non-hydrogen) atoms. The van der Waals surface area contributed by atoms with Crippen molar-refractivity contribution in [1.82, 2.24) is 9.80 Å². The first-order chi connectivity index (χ1) is 10.6. The molecule has 1 aliphatic heterocycles. The highest BCUT2D eigenvalue weighted by atomic mass is 35.5. The molecule has 1 fully saturated rings. The van der Waals surface area contributed by atoms with Crippen molar-refractivity contribution in [2.24, 2.45) is 0 Å². The predicted octanol–water partition coefficient (Wildman–Crippen LogP) is 2.90. The molecular weight excluding hydrogens is 320 g/mol. The third-order valence-corrected chi connectivity index (χ3v) is 5.23. The van der Waals surface area contributed by atoms with E-state index >= 15 is 0 Å². The summed E-state index contributed by atoms with van der Waals surface area (Å²) in [5.74, 6) is 1.01. The molecule has 2 amide bonds. The molecule has 0 atom stereocenters. The molecule has 120 valence electrons. The number of thioether (sulfide) groups is 1. The molecule has 1 aromatic carbocycles. The van der Waals surface area contributed by atoms with E-state index in [9.17, 15) is 9.59 Å². The molecule has 0 N–H and O–H groups in total. The van der Waals surface area contributed by atoms with Crippen molar-refractivity contribution in [3.63, 3.8) is 0 Å². The summed E-state index contributed by atoms with van der Waals surface area (Å²) in [5.41, 5.74) is 0. The van der Waals surface area contributed by atoms with E-state index in [0.717, 1.165) is 22.9 Å². The van der Waals surface area contributed by atoms with Gasteiger partial charge in [0, 0.05) is 50.2 Å². The molecule has 0 radical (unpaired) electrons. The van der Waals surface area contributed by atoms with Gasteiger partial charge in [-0.15, -0.1) is 11.8 Å². The quantitative estimate of drug-likeness (QED) is 0.717. The number of hydrogen-bond acceptors (Lipinski definition) is 3. The fraction of sp³-hybridized carbons (Fsp3) is 0.500. The first kappa shape index (κ1) is 17.2. The van der Waals surface area contributed by atoms with Gasteiger partial charge in [0.15, 0.2) is 0 Å². The van der Waals surface area contributed by atoms with E-state index in [1.807, 2.05) is 29.2 Å². The lowest BCUT2D eigenvalue weighted by atomic mass is 10.4. The lowest BCUT2D eigenvalue weighted by Crippen LogP contribution is -2.37. The van der Waals surface area contributed by atoms with Crippen molar-refractivity contribution in [3.05, 3.63) is 29.3 Å². The molecule has 0 aliphatic carbocycles. The maximum Gasteiger partial charge on any atom is 0.223 e. The van der Waals surface area contributed by atoms with Crippen LogP contribution in [0.4, 0.5) is 0 Å². The van der Waals surface area contributed by atoms with E-state index in [1.165, 1.54) is 0 Å². The molecule has 0 saturated carbocycles. The molecule has 4 nitrogen and oxygen atoms in total. The van der Waals surface area contributed by atoms with Gasteiger partial charge in [0.25, 0.3) is 0 Å². The zero-order valence-corrected chi connectivity index (χ0v) is 14.3. The highest BCUT2D eigenvalue weighted by Crippen LogP contribution is 2.27. The smallest absolute Gasteiger partial charge is 0.223 e. The summed E-state index contributed by atoms with van der Waals surface area (Å²) in [4.78, 5) is 28.1. The maximum absolute atomic E-state index is 12.1. The summed E-state index contributed by atoms with van der Waals surface area (Å²) in [6.07, 6.45) is 2.05. The Labute approximate surface area is 140 Å². The average Bonchev–Trinajstić information content (AvgIpc) is 2.92. The standard InChI is InChI=1S/C16H21ClN2O2S/c1-18(10-11-19-9-4-7-16(19)21)15(20)8-12-22-14-6-3-2-5-13(14)17/h2-3,5-6H,4,7-12H2,1H3. The van der Waals surface area contributed by atoms with Gasteiger partial charge in [-0.1, -0.05) is 23.7 Å². The van der Waals surface area contributed by atoms with Crippen LogP contribution in [0.1, 0.15) is 19.3 Å². The van der Waals surface area contributed by atoms with Crippen LogP contribution in [-0.2, 0) is 9.59 Å². The number of halogens is 1. The highest BCUT2D eigenvalue weighted by molar-refractivity contribution is 7.99.